The first kappa shape index (κ1) is 13.1. The number of aliphatic hydroxyl groups is 1. The van der Waals surface area contributed by atoms with Crippen molar-refractivity contribution in [2.75, 3.05) is 32.8 Å². The molecule has 0 aromatic heterocycles. The van der Waals surface area contributed by atoms with Crippen LogP contribution in [0.2, 0.25) is 0 Å². The number of rotatable bonds is 1. The number of amides is 2. The third-order valence-electron chi connectivity index (χ3n) is 3.33. The van der Waals surface area contributed by atoms with Gasteiger partial charge in [-0.15, -0.1) is 0 Å². The Morgan fingerprint density at radius 3 is 2.72 bits per heavy atom. The maximum Gasteiger partial charge on any atom is 0.328 e. The lowest BCUT2D eigenvalue weighted by molar-refractivity contribution is -0.147. The zero-order valence-corrected chi connectivity index (χ0v) is 10.1. The molecule has 102 valence electrons. The molecule has 0 aromatic carbocycles. The van der Waals surface area contributed by atoms with Gasteiger partial charge in [0, 0.05) is 19.6 Å². The Hall–Kier alpha value is -1.34. The number of carboxylic acid groups (broad SMARTS) is 1. The largest absolute Gasteiger partial charge is 0.480 e. The predicted octanol–water partition coefficient (Wildman–Crippen LogP) is -0.651. The molecular weight excluding hydrogens is 240 g/mol. The summed E-state index contributed by atoms with van der Waals surface area (Å²) in [7, 11) is 0. The minimum atomic E-state index is -1.05. The van der Waals surface area contributed by atoms with Crippen molar-refractivity contribution < 1.29 is 24.5 Å². The number of ether oxygens (including phenoxy) is 1. The van der Waals surface area contributed by atoms with Gasteiger partial charge in [-0.25, -0.2) is 9.59 Å². The van der Waals surface area contributed by atoms with Gasteiger partial charge in [-0.2, -0.15) is 0 Å². The summed E-state index contributed by atoms with van der Waals surface area (Å²) in [5.74, 6) is -1.05. The SMILES string of the molecule is O=C(O)C1COCCN1C(=O)N1CCCC(O)C1. The molecule has 0 radical (unpaired) electrons. The van der Waals surface area contributed by atoms with Crippen LogP contribution >= 0.6 is 0 Å². The van der Waals surface area contributed by atoms with Crippen molar-refractivity contribution in [2.24, 2.45) is 0 Å². The second-order valence-electron chi connectivity index (χ2n) is 4.65. The summed E-state index contributed by atoms with van der Waals surface area (Å²) in [6, 6.07) is -1.24. The van der Waals surface area contributed by atoms with E-state index in [9.17, 15) is 14.7 Å². The third kappa shape index (κ3) is 2.73. The van der Waals surface area contributed by atoms with Crippen molar-refractivity contribution >= 4 is 12.0 Å². The zero-order chi connectivity index (χ0) is 13.1. The van der Waals surface area contributed by atoms with Crippen LogP contribution in [0.15, 0.2) is 0 Å². The van der Waals surface area contributed by atoms with Gasteiger partial charge in [-0.3, -0.25) is 0 Å². The molecule has 2 fully saturated rings. The van der Waals surface area contributed by atoms with Crippen molar-refractivity contribution in [3.8, 4) is 0 Å². The number of nitrogens with zero attached hydrogens (tertiary/aromatic N) is 2. The van der Waals surface area contributed by atoms with Gasteiger partial charge in [0.1, 0.15) is 0 Å². The van der Waals surface area contributed by atoms with E-state index in [1.807, 2.05) is 0 Å². The molecule has 7 nitrogen and oxygen atoms in total. The number of likely N-dealkylation sites (tertiary alicyclic amines) is 1. The molecule has 2 saturated heterocycles. The monoisotopic (exact) mass is 258 g/mol. The standard InChI is InChI=1S/C11H18N2O5/c14-8-2-1-3-12(6-8)11(17)13-4-5-18-7-9(13)10(15)16/h8-9,14H,1-7H2,(H,15,16). The van der Waals surface area contributed by atoms with Crippen LogP contribution in [0, 0.1) is 0 Å². The van der Waals surface area contributed by atoms with Crippen LogP contribution in [0.1, 0.15) is 12.8 Å². The van der Waals surface area contributed by atoms with Crippen LogP contribution < -0.4 is 0 Å². The highest BCUT2D eigenvalue weighted by Crippen LogP contribution is 2.15. The molecule has 0 aliphatic carbocycles. The Balaban J connectivity index is 2.03. The van der Waals surface area contributed by atoms with Gasteiger partial charge in [-0.05, 0) is 12.8 Å². The molecule has 2 amide bonds. The van der Waals surface area contributed by atoms with Crippen LogP contribution in [0.5, 0.6) is 0 Å². The number of β-amino-alcohol motifs (C(OH)–C–C–N with tert-alkyl or cyclic N) is 1. The summed E-state index contributed by atoms with van der Waals surface area (Å²) in [6.07, 6.45) is 0.927. The molecule has 2 heterocycles. The molecule has 18 heavy (non-hydrogen) atoms. The van der Waals surface area contributed by atoms with Gasteiger partial charge in [0.05, 0.1) is 19.3 Å². The molecule has 0 aromatic rings. The molecule has 0 saturated carbocycles. The maximum absolute atomic E-state index is 12.2. The molecule has 2 rings (SSSR count). The van der Waals surface area contributed by atoms with Gasteiger partial charge in [-0.1, -0.05) is 0 Å². The zero-order valence-electron chi connectivity index (χ0n) is 10.1. The van der Waals surface area contributed by atoms with E-state index in [0.29, 0.717) is 19.6 Å². The van der Waals surface area contributed by atoms with Crippen molar-refractivity contribution in [3.05, 3.63) is 0 Å². The topological polar surface area (TPSA) is 90.3 Å². The predicted molar refractivity (Wildman–Crippen MR) is 61.2 cm³/mol. The lowest BCUT2D eigenvalue weighted by atomic mass is 10.1. The van der Waals surface area contributed by atoms with Crippen LogP contribution in [0.25, 0.3) is 0 Å². The van der Waals surface area contributed by atoms with E-state index in [0.717, 1.165) is 6.42 Å². The lowest BCUT2D eigenvalue weighted by Crippen LogP contribution is -2.58. The summed E-state index contributed by atoms with van der Waals surface area (Å²) in [6.45, 7) is 1.51. The second kappa shape index (κ2) is 5.53. The molecule has 0 bridgehead atoms. The number of aliphatic hydroxyl groups excluding tert-OH is 1. The van der Waals surface area contributed by atoms with Crippen molar-refractivity contribution in [2.45, 2.75) is 25.0 Å². The smallest absolute Gasteiger partial charge is 0.328 e. The van der Waals surface area contributed by atoms with E-state index in [1.54, 1.807) is 0 Å². The van der Waals surface area contributed by atoms with Crippen molar-refractivity contribution in [1.82, 2.24) is 9.80 Å². The van der Waals surface area contributed by atoms with Gasteiger partial charge < -0.3 is 24.7 Å². The molecule has 7 heteroatoms. The summed E-state index contributed by atoms with van der Waals surface area (Å²) in [5.41, 5.74) is 0. The minimum Gasteiger partial charge on any atom is -0.480 e. The number of carbonyl (C=O) groups is 2. The number of carbonyl (C=O) groups excluding carboxylic acids is 1. The third-order valence-corrected chi connectivity index (χ3v) is 3.33. The Bertz CT molecular complexity index is 335. The first-order valence-corrected chi connectivity index (χ1v) is 6.13. The first-order chi connectivity index (χ1) is 8.59. The Kier molecular flexibility index (Phi) is 4.03. The Labute approximate surface area is 105 Å². The van der Waals surface area contributed by atoms with E-state index < -0.39 is 18.1 Å². The highest BCUT2D eigenvalue weighted by atomic mass is 16.5. The molecule has 2 aliphatic rings. The van der Waals surface area contributed by atoms with Crippen LogP contribution in [-0.4, -0.2) is 77.0 Å². The lowest BCUT2D eigenvalue weighted by Gasteiger charge is -2.39. The van der Waals surface area contributed by atoms with Gasteiger partial charge >= 0.3 is 12.0 Å². The van der Waals surface area contributed by atoms with Crippen molar-refractivity contribution in [1.29, 1.82) is 0 Å². The highest BCUT2D eigenvalue weighted by Gasteiger charge is 2.36. The number of morpholine rings is 1. The highest BCUT2D eigenvalue weighted by molar-refractivity contribution is 5.83. The molecule has 0 spiro atoms. The van der Waals surface area contributed by atoms with Gasteiger partial charge in [0.2, 0.25) is 0 Å². The summed E-state index contributed by atoms with van der Waals surface area (Å²) >= 11 is 0. The quantitative estimate of drug-likeness (QED) is 0.652. The fraction of sp³-hybridized carbons (Fsp3) is 0.818. The minimum absolute atomic E-state index is 0.0253. The fourth-order valence-electron chi connectivity index (χ4n) is 2.35. The van der Waals surface area contributed by atoms with E-state index in [-0.39, 0.29) is 25.7 Å². The molecule has 2 unspecified atom stereocenters. The Morgan fingerprint density at radius 1 is 1.28 bits per heavy atom. The second-order valence-corrected chi connectivity index (χ2v) is 4.65. The first-order valence-electron chi connectivity index (χ1n) is 6.13. The van der Waals surface area contributed by atoms with Crippen LogP contribution in [-0.2, 0) is 9.53 Å². The van der Waals surface area contributed by atoms with E-state index in [4.69, 9.17) is 9.84 Å². The van der Waals surface area contributed by atoms with Gasteiger partial charge in [0.15, 0.2) is 6.04 Å². The molecular formula is C11H18N2O5. The molecule has 2 N–H and O–H groups in total. The number of aliphatic carboxylic acids is 1. The Morgan fingerprint density at radius 2 is 2.06 bits per heavy atom. The number of piperidine rings is 1. The van der Waals surface area contributed by atoms with Gasteiger partial charge in [0.25, 0.3) is 0 Å². The molecule has 2 aliphatic heterocycles. The number of urea groups is 1. The van der Waals surface area contributed by atoms with Crippen molar-refractivity contribution in [3.63, 3.8) is 0 Å². The summed E-state index contributed by atoms with van der Waals surface area (Å²) < 4.78 is 5.09. The number of hydrogen-bond acceptors (Lipinski definition) is 4. The summed E-state index contributed by atoms with van der Waals surface area (Å²) in [4.78, 5) is 26.2. The number of carboxylic acids is 1. The van der Waals surface area contributed by atoms with E-state index in [1.165, 1.54) is 9.80 Å². The van der Waals surface area contributed by atoms with Crippen LogP contribution in [0.3, 0.4) is 0 Å². The molecule has 2 atom stereocenters. The maximum atomic E-state index is 12.2. The van der Waals surface area contributed by atoms with E-state index in [2.05, 4.69) is 0 Å². The van der Waals surface area contributed by atoms with E-state index >= 15 is 0 Å². The normalized spacial score (nSPS) is 29.2. The number of hydrogen-bond donors (Lipinski definition) is 2. The average molecular weight is 258 g/mol. The summed E-state index contributed by atoms with van der Waals surface area (Å²) in [5, 5.41) is 18.6. The fourth-order valence-corrected chi connectivity index (χ4v) is 2.35. The average Bonchev–Trinajstić information content (AvgIpc) is 2.38. The van der Waals surface area contributed by atoms with Crippen LogP contribution in [0.4, 0.5) is 4.79 Å².